The molecule has 5 nitrogen and oxygen atoms in total. The van der Waals surface area contributed by atoms with E-state index in [0.29, 0.717) is 19.6 Å². The van der Waals surface area contributed by atoms with Crippen LogP contribution >= 0.6 is 23.5 Å². The summed E-state index contributed by atoms with van der Waals surface area (Å²) in [6.45, 7) is 11.6. The molecule has 1 rings (SSSR count). The summed E-state index contributed by atoms with van der Waals surface area (Å²) in [6, 6.07) is 5.98. The lowest BCUT2D eigenvalue weighted by atomic mass is 10.2. The molecule has 1 aromatic heterocycles. The van der Waals surface area contributed by atoms with Crippen LogP contribution in [0.25, 0.3) is 0 Å². The lowest BCUT2D eigenvalue weighted by molar-refractivity contribution is -0.138. The molecule has 148 valence electrons. The zero-order valence-electron chi connectivity index (χ0n) is 16.8. The second kappa shape index (κ2) is 10.5. The predicted octanol–water partition coefficient (Wildman–Crippen LogP) is 3.34. The minimum atomic E-state index is -0.806. The fourth-order valence-corrected chi connectivity index (χ4v) is 3.03. The molecular formula is C19H33N3O2S2. The van der Waals surface area contributed by atoms with E-state index in [4.69, 9.17) is 4.98 Å². The van der Waals surface area contributed by atoms with Crippen molar-refractivity contribution in [3.8, 4) is 0 Å². The zero-order valence-corrected chi connectivity index (χ0v) is 18.5. The number of pyridine rings is 1. The maximum absolute atomic E-state index is 11.2. The third kappa shape index (κ3) is 9.26. The highest BCUT2D eigenvalue weighted by Crippen LogP contribution is 2.23. The van der Waals surface area contributed by atoms with Crippen LogP contribution in [-0.2, 0) is 17.9 Å². The molecule has 0 fully saturated rings. The number of carboxylic acids is 1. The van der Waals surface area contributed by atoms with Gasteiger partial charge in [0.15, 0.2) is 0 Å². The normalized spacial score (nSPS) is 12.6. The highest BCUT2D eigenvalue weighted by atomic mass is 32.2. The van der Waals surface area contributed by atoms with Gasteiger partial charge in [0, 0.05) is 35.7 Å². The van der Waals surface area contributed by atoms with Crippen LogP contribution in [0.5, 0.6) is 0 Å². The fraction of sp³-hybridized carbons (Fsp3) is 0.684. The van der Waals surface area contributed by atoms with Crippen molar-refractivity contribution in [2.45, 2.75) is 50.3 Å². The largest absolute Gasteiger partial charge is 0.480 e. The maximum atomic E-state index is 11.2. The number of carboxylic acid groups (broad SMARTS) is 1. The van der Waals surface area contributed by atoms with E-state index in [9.17, 15) is 9.90 Å². The number of aliphatic carboxylic acids is 1. The third-order valence-electron chi connectivity index (χ3n) is 4.18. The number of carbonyl (C=O) groups is 1. The van der Waals surface area contributed by atoms with E-state index in [2.05, 4.69) is 45.5 Å². The van der Waals surface area contributed by atoms with E-state index in [-0.39, 0.29) is 16.0 Å². The van der Waals surface area contributed by atoms with Crippen molar-refractivity contribution in [2.24, 2.45) is 0 Å². The van der Waals surface area contributed by atoms with Crippen LogP contribution in [0.1, 0.15) is 39.1 Å². The highest BCUT2D eigenvalue weighted by molar-refractivity contribution is 8.00. The third-order valence-corrected chi connectivity index (χ3v) is 6.66. The summed E-state index contributed by atoms with van der Waals surface area (Å²) in [6.07, 6.45) is 4.17. The van der Waals surface area contributed by atoms with Gasteiger partial charge in [0.25, 0.3) is 0 Å². The Balaban J connectivity index is 2.72. The highest BCUT2D eigenvalue weighted by Gasteiger charge is 2.22. The van der Waals surface area contributed by atoms with Gasteiger partial charge in [-0.3, -0.25) is 14.7 Å². The van der Waals surface area contributed by atoms with Crippen LogP contribution < -0.4 is 5.32 Å². The fourth-order valence-electron chi connectivity index (χ4n) is 2.47. The lowest BCUT2D eigenvalue weighted by Crippen LogP contribution is -2.39. The van der Waals surface area contributed by atoms with Crippen LogP contribution in [0.2, 0.25) is 0 Å². The average Bonchev–Trinajstić information content (AvgIpc) is 2.54. The lowest BCUT2D eigenvalue weighted by Gasteiger charge is -2.30. The molecule has 0 aromatic carbocycles. The van der Waals surface area contributed by atoms with Crippen molar-refractivity contribution in [3.05, 3.63) is 29.6 Å². The molecule has 0 radical (unpaired) electrons. The number of hydrogen-bond acceptors (Lipinski definition) is 6. The first kappa shape index (κ1) is 23.3. The van der Waals surface area contributed by atoms with E-state index in [1.807, 2.05) is 34.9 Å². The number of nitrogens with zero attached hydrogens (tertiary/aromatic N) is 2. The Kier molecular flexibility index (Phi) is 9.44. The first-order chi connectivity index (χ1) is 12.1. The molecule has 0 atom stereocenters. The first-order valence-electron chi connectivity index (χ1n) is 8.77. The quantitative estimate of drug-likeness (QED) is 0.559. The Bertz CT molecular complexity index is 580. The first-order valence-corrected chi connectivity index (χ1v) is 11.2. The molecule has 0 aliphatic rings. The molecule has 0 spiro atoms. The SMILES string of the molecule is CSC(C)(C)CNCc1cccc(CN(CC(=O)O)CC(C)(C)SC)n1. The second-order valence-electron chi connectivity index (χ2n) is 7.69. The number of aromatic nitrogens is 1. The van der Waals surface area contributed by atoms with Crippen molar-refractivity contribution >= 4 is 29.5 Å². The molecule has 1 heterocycles. The summed E-state index contributed by atoms with van der Waals surface area (Å²) in [7, 11) is 0. The Morgan fingerprint density at radius 2 is 1.77 bits per heavy atom. The van der Waals surface area contributed by atoms with Gasteiger partial charge in [-0.2, -0.15) is 23.5 Å². The van der Waals surface area contributed by atoms with Crippen LogP contribution in [0.15, 0.2) is 18.2 Å². The molecule has 0 bridgehead atoms. The monoisotopic (exact) mass is 399 g/mol. The molecule has 0 saturated heterocycles. The summed E-state index contributed by atoms with van der Waals surface area (Å²) in [5.74, 6) is -0.806. The van der Waals surface area contributed by atoms with Crippen molar-refractivity contribution in [1.29, 1.82) is 0 Å². The van der Waals surface area contributed by atoms with Gasteiger partial charge in [-0.05, 0) is 52.3 Å². The molecule has 7 heteroatoms. The molecule has 0 unspecified atom stereocenters. The number of rotatable bonds is 12. The zero-order chi connectivity index (χ0) is 19.8. The van der Waals surface area contributed by atoms with Crippen LogP contribution in [0, 0.1) is 0 Å². The molecule has 2 N–H and O–H groups in total. The smallest absolute Gasteiger partial charge is 0.317 e. The topological polar surface area (TPSA) is 65.5 Å². The van der Waals surface area contributed by atoms with Gasteiger partial charge in [-0.25, -0.2) is 0 Å². The van der Waals surface area contributed by atoms with Gasteiger partial charge in [-0.1, -0.05) is 6.07 Å². The van der Waals surface area contributed by atoms with E-state index in [0.717, 1.165) is 17.9 Å². The summed E-state index contributed by atoms with van der Waals surface area (Å²) in [5.41, 5.74) is 1.89. The Morgan fingerprint density at radius 3 is 2.35 bits per heavy atom. The minimum absolute atomic E-state index is 0.00197. The van der Waals surface area contributed by atoms with Crippen LogP contribution in [0.4, 0.5) is 0 Å². The summed E-state index contributed by atoms with van der Waals surface area (Å²) >= 11 is 3.58. The molecule has 0 aliphatic heterocycles. The standard InChI is InChI=1S/C19H33N3O2S2/c1-18(2,25-5)13-20-10-15-8-7-9-16(21-15)11-22(12-17(23)24)14-19(3,4)26-6/h7-9,20H,10-14H2,1-6H3,(H,23,24). The van der Waals surface area contributed by atoms with Gasteiger partial charge >= 0.3 is 5.97 Å². The second-order valence-corrected chi connectivity index (χ2v) is 10.7. The van der Waals surface area contributed by atoms with Crippen molar-refractivity contribution in [3.63, 3.8) is 0 Å². The average molecular weight is 400 g/mol. The summed E-state index contributed by atoms with van der Waals surface area (Å²) < 4.78 is 0.192. The number of nitrogens with one attached hydrogen (secondary N) is 1. The van der Waals surface area contributed by atoms with E-state index in [1.54, 1.807) is 11.8 Å². The van der Waals surface area contributed by atoms with Crippen molar-refractivity contribution < 1.29 is 9.90 Å². The maximum Gasteiger partial charge on any atom is 0.317 e. The van der Waals surface area contributed by atoms with E-state index >= 15 is 0 Å². The molecule has 1 aromatic rings. The van der Waals surface area contributed by atoms with Crippen molar-refractivity contribution in [2.75, 3.05) is 32.1 Å². The van der Waals surface area contributed by atoms with Crippen LogP contribution in [-0.4, -0.2) is 62.6 Å². The van der Waals surface area contributed by atoms with Gasteiger partial charge < -0.3 is 10.4 Å². The molecular weight excluding hydrogens is 366 g/mol. The summed E-state index contributed by atoms with van der Waals surface area (Å²) in [5, 5.41) is 12.7. The molecule has 0 amide bonds. The minimum Gasteiger partial charge on any atom is -0.480 e. The van der Waals surface area contributed by atoms with Gasteiger partial charge in [0.2, 0.25) is 0 Å². The number of thioether (sulfide) groups is 2. The Labute approximate surface area is 166 Å². The molecule has 0 saturated carbocycles. The molecule has 0 aliphatic carbocycles. The van der Waals surface area contributed by atoms with Crippen molar-refractivity contribution in [1.82, 2.24) is 15.2 Å². The summed E-state index contributed by atoms with van der Waals surface area (Å²) in [4.78, 5) is 17.9. The number of hydrogen-bond donors (Lipinski definition) is 2. The van der Waals surface area contributed by atoms with Gasteiger partial charge in [0.05, 0.1) is 17.9 Å². The van der Waals surface area contributed by atoms with Gasteiger partial charge in [0.1, 0.15) is 0 Å². The predicted molar refractivity (Wildman–Crippen MR) is 114 cm³/mol. The van der Waals surface area contributed by atoms with Gasteiger partial charge in [-0.15, -0.1) is 0 Å². The van der Waals surface area contributed by atoms with E-state index in [1.165, 1.54) is 0 Å². The van der Waals surface area contributed by atoms with E-state index < -0.39 is 5.97 Å². The Morgan fingerprint density at radius 1 is 1.15 bits per heavy atom. The molecule has 26 heavy (non-hydrogen) atoms. The Hall–Kier alpha value is -0.760. The van der Waals surface area contributed by atoms with Crippen LogP contribution in [0.3, 0.4) is 0 Å².